The van der Waals surface area contributed by atoms with E-state index in [0.717, 1.165) is 0 Å². The molecule has 0 saturated heterocycles. The topological polar surface area (TPSA) is 54.9 Å². The Balaban J connectivity index is 2.94. The SMILES string of the molecule is Cc1cccc(Cl)c1-n1c(=O)[nH]c(Cl)c(F)c1=O. The number of hydrogen-bond acceptors (Lipinski definition) is 2. The van der Waals surface area contributed by atoms with Crippen LogP contribution in [0.1, 0.15) is 5.56 Å². The average Bonchev–Trinajstić information content (AvgIpc) is 2.30. The highest BCUT2D eigenvalue weighted by molar-refractivity contribution is 6.32. The van der Waals surface area contributed by atoms with Crippen molar-refractivity contribution < 1.29 is 4.39 Å². The smallest absolute Gasteiger partial charge is 0.295 e. The van der Waals surface area contributed by atoms with E-state index in [2.05, 4.69) is 0 Å². The Labute approximate surface area is 111 Å². The Morgan fingerprint density at radius 3 is 2.56 bits per heavy atom. The Kier molecular flexibility index (Phi) is 3.28. The lowest BCUT2D eigenvalue weighted by Crippen LogP contribution is -2.36. The fourth-order valence-corrected chi connectivity index (χ4v) is 2.07. The molecule has 4 nitrogen and oxygen atoms in total. The molecule has 0 aliphatic rings. The predicted octanol–water partition coefficient (Wildman–Crippen LogP) is 2.28. The summed E-state index contributed by atoms with van der Waals surface area (Å²) in [5.74, 6) is -1.23. The van der Waals surface area contributed by atoms with E-state index in [0.29, 0.717) is 10.1 Å². The number of halogens is 3. The molecule has 0 saturated carbocycles. The van der Waals surface area contributed by atoms with Crippen molar-refractivity contribution in [3.63, 3.8) is 0 Å². The third-order valence-electron chi connectivity index (χ3n) is 2.42. The molecule has 0 atom stereocenters. The van der Waals surface area contributed by atoms with E-state index in [4.69, 9.17) is 23.2 Å². The van der Waals surface area contributed by atoms with Crippen molar-refractivity contribution in [1.82, 2.24) is 9.55 Å². The first kappa shape index (κ1) is 12.9. The Hall–Kier alpha value is -1.59. The maximum absolute atomic E-state index is 13.4. The van der Waals surface area contributed by atoms with Gasteiger partial charge in [0, 0.05) is 0 Å². The van der Waals surface area contributed by atoms with Gasteiger partial charge in [-0.2, -0.15) is 4.39 Å². The van der Waals surface area contributed by atoms with Crippen molar-refractivity contribution in [2.24, 2.45) is 0 Å². The minimum absolute atomic E-state index is 0.140. The molecule has 0 bridgehead atoms. The summed E-state index contributed by atoms with van der Waals surface area (Å²) in [4.78, 5) is 25.5. The van der Waals surface area contributed by atoms with Crippen molar-refractivity contribution in [3.05, 3.63) is 60.6 Å². The third-order valence-corrected chi connectivity index (χ3v) is 2.98. The molecule has 2 aromatic rings. The molecule has 0 aliphatic carbocycles. The molecular formula is C11H7Cl2FN2O2. The van der Waals surface area contributed by atoms with Gasteiger partial charge in [-0.15, -0.1) is 0 Å². The maximum atomic E-state index is 13.4. The summed E-state index contributed by atoms with van der Waals surface area (Å²) in [6.45, 7) is 1.65. The van der Waals surface area contributed by atoms with Gasteiger partial charge in [-0.1, -0.05) is 35.3 Å². The number of rotatable bonds is 1. The lowest BCUT2D eigenvalue weighted by molar-refractivity contribution is 0.584. The van der Waals surface area contributed by atoms with Crippen LogP contribution in [0.15, 0.2) is 27.8 Å². The highest BCUT2D eigenvalue weighted by Gasteiger charge is 2.16. The second kappa shape index (κ2) is 4.59. The molecule has 94 valence electrons. The van der Waals surface area contributed by atoms with Crippen LogP contribution in [0.2, 0.25) is 10.2 Å². The molecule has 2 rings (SSSR count). The molecule has 1 aromatic carbocycles. The summed E-state index contributed by atoms with van der Waals surface area (Å²) in [7, 11) is 0. The van der Waals surface area contributed by atoms with E-state index in [1.165, 1.54) is 6.07 Å². The molecule has 1 heterocycles. The second-order valence-corrected chi connectivity index (χ2v) is 4.39. The second-order valence-electron chi connectivity index (χ2n) is 3.60. The molecule has 7 heteroatoms. The van der Waals surface area contributed by atoms with Gasteiger partial charge in [-0.25, -0.2) is 9.36 Å². The number of benzene rings is 1. The van der Waals surface area contributed by atoms with E-state index >= 15 is 0 Å². The number of aromatic amines is 1. The van der Waals surface area contributed by atoms with Gasteiger partial charge in [-0.05, 0) is 18.6 Å². The largest absolute Gasteiger partial charge is 0.334 e. The van der Waals surface area contributed by atoms with Crippen LogP contribution < -0.4 is 11.2 Å². The van der Waals surface area contributed by atoms with E-state index in [1.807, 2.05) is 4.98 Å². The van der Waals surface area contributed by atoms with E-state index in [1.54, 1.807) is 19.1 Å². The molecule has 0 fully saturated rings. The first-order valence-electron chi connectivity index (χ1n) is 4.89. The van der Waals surface area contributed by atoms with Crippen molar-refractivity contribution in [3.8, 4) is 5.69 Å². The summed E-state index contributed by atoms with van der Waals surface area (Å²) in [6, 6.07) is 4.81. The van der Waals surface area contributed by atoms with E-state index in [9.17, 15) is 14.0 Å². The first-order chi connectivity index (χ1) is 8.43. The summed E-state index contributed by atoms with van der Waals surface area (Å²) < 4.78 is 14.1. The summed E-state index contributed by atoms with van der Waals surface area (Å²) in [6.07, 6.45) is 0. The lowest BCUT2D eigenvalue weighted by Gasteiger charge is -2.10. The van der Waals surface area contributed by atoms with Crippen LogP contribution in [-0.4, -0.2) is 9.55 Å². The van der Waals surface area contributed by atoms with Gasteiger partial charge in [0.05, 0.1) is 10.7 Å². The highest BCUT2D eigenvalue weighted by atomic mass is 35.5. The van der Waals surface area contributed by atoms with Gasteiger partial charge in [-0.3, -0.25) is 9.78 Å². The summed E-state index contributed by atoms with van der Waals surface area (Å²) >= 11 is 11.3. The lowest BCUT2D eigenvalue weighted by atomic mass is 10.2. The number of nitrogens with one attached hydrogen (secondary N) is 1. The molecule has 0 aliphatic heterocycles. The number of aromatic nitrogens is 2. The number of para-hydroxylation sites is 1. The van der Waals surface area contributed by atoms with Crippen molar-refractivity contribution in [1.29, 1.82) is 0 Å². The predicted molar refractivity (Wildman–Crippen MR) is 67.4 cm³/mol. The Morgan fingerprint density at radius 2 is 1.94 bits per heavy atom. The standard InChI is InChI=1S/C11H7Cl2FN2O2/c1-5-3-2-4-6(12)8(5)16-10(17)7(14)9(13)15-11(16)18/h2-4H,1H3,(H,15,18). The molecule has 0 radical (unpaired) electrons. The van der Waals surface area contributed by atoms with Crippen molar-refractivity contribution >= 4 is 23.2 Å². The van der Waals surface area contributed by atoms with Crippen LogP contribution >= 0.6 is 23.2 Å². The van der Waals surface area contributed by atoms with Crippen LogP contribution in [0.4, 0.5) is 4.39 Å². The molecule has 18 heavy (non-hydrogen) atoms. The fourth-order valence-electron chi connectivity index (χ4n) is 1.60. The zero-order valence-corrected chi connectivity index (χ0v) is 10.6. The Bertz CT molecular complexity index is 717. The Morgan fingerprint density at radius 1 is 1.28 bits per heavy atom. The van der Waals surface area contributed by atoms with Crippen LogP contribution in [-0.2, 0) is 0 Å². The fraction of sp³-hybridized carbons (Fsp3) is 0.0909. The third kappa shape index (κ3) is 1.95. The number of hydrogen-bond donors (Lipinski definition) is 1. The molecule has 0 spiro atoms. The zero-order valence-electron chi connectivity index (χ0n) is 9.13. The van der Waals surface area contributed by atoms with Crippen molar-refractivity contribution in [2.45, 2.75) is 6.92 Å². The number of nitrogens with zero attached hydrogens (tertiary/aromatic N) is 1. The highest BCUT2D eigenvalue weighted by Crippen LogP contribution is 2.21. The molecule has 1 aromatic heterocycles. The maximum Gasteiger partial charge on any atom is 0.334 e. The van der Waals surface area contributed by atoms with Crippen LogP contribution in [0.25, 0.3) is 5.69 Å². The quantitative estimate of drug-likeness (QED) is 0.819. The van der Waals surface area contributed by atoms with E-state index < -0.39 is 22.2 Å². The summed E-state index contributed by atoms with van der Waals surface area (Å²) in [5, 5.41) is -0.449. The van der Waals surface area contributed by atoms with Gasteiger partial charge < -0.3 is 0 Å². The van der Waals surface area contributed by atoms with Gasteiger partial charge in [0.2, 0.25) is 5.82 Å². The molecular weight excluding hydrogens is 282 g/mol. The minimum atomic E-state index is -1.23. The van der Waals surface area contributed by atoms with E-state index in [-0.39, 0.29) is 10.7 Å². The molecule has 0 amide bonds. The minimum Gasteiger partial charge on any atom is -0.295 e. The van der Waals surface area contributed by atoms with Gasteiger partial charge in [0.25, 0.3) is 5.56 Å². The van der Waals surface area contributed by atoms with Crippen molar-refractivity contribution in [2.75, 3.05) is 0 Å². The summed E-state index contributed by atoms with van der Waals surface area (Å²) in [5.41, 5.74) is -1.28. The number of aryl methyl sites for hydroxylation is 1. The van der Waals surface area contributed by atoms with Gasteiger partial charge in [0.1, 0.15) is 0 Å². The van der Waals surface area contributed by atoms with Gasteiger partial charge in [0.15, 0.2) is 5.15 Å². The van der Waals surface area contributed by atoms with Gasteiger partial charge >= 0.3 is 5.69 Å². The number of H-pyrrole nitrogens is 1. The first-order valence-corrected chi connectivity index (χ1v) is 5.65. The zero-order chi connectivity index (χ0) is 13.4. The average molecular weight is 289 g/mol. The van der Waals surface area contributed by atoms with Crippen LogP contribution in [0.5, 0.6) is 0 Å². The molecule has 1 N–H and O–H groups in total. The normalized spacial score (nSPS) is 10.7. The van der Waals surface area contributed by atoms with Crippen LogP contribution in [0.3, 0.4) is 0 Å². The monoisotopic (exact) mass is 288 g/mol. The van der Waals surface area contributed by atoms with Crippen LogP contribution in [0, 0.1) is 12.7 Å². The molecule has 0 unspecified atom stereocenters.